The van der Waals surface area contributed by atoms with Crippen LogP contribution in [0.1, 0.15) is 31.0 Å². The summed E-state index contributed by atoms with van der Waals surface area (Å²) in [6.07, 6.45) is 0. The summed E-state index contributed by atoms with van der Waals surface area (Å²) in [6, 6.07) is 6.56. The van der Waals surface area contributed by atoms with Gasteiger partial charge in [-0.1, -0.05) is 13.8 Å². The molecular weight excluding hydrogens is 276 g/mol. The predicted molar refractivity (Wildman–Crippen MR) is 86.0 cm³/mol. The second kappa shape index (κ2) is 6.23. The summed E-state index contributed by atoms with van der Waals surface area (Å²) in [5.41, 5.74) is 1.72. The smallest absolute Gasteiger partial charge is 0.146 e. The number of pyridine rings is 1. The van der Waals surface area contributed by atoms with Gasteiger partial charge in [0.25, 0.3) is 0 Å². The highest BCUT2D eigenvalue weighted by molar-refractivity contribution is 5.55. The van der Waals surface area contributed by atoms with Gasteiger partial charge in [-0.05, 0) is 25.1 Å². The molecule has 3 heterocycles. The average Bonchev–Trinajstić information content (AvgIpc) is 2.74. The number of nitrogens with zero attached hydrogens (tertiary/aromatic N) is 4. The fourth-order valence-electron chi connectivity index (χ4n) is 3.34. The van der Waals surface area contributed by atoms with Crippen LogP contribution in [0.4, 0.5) is 5.82 Å². The molecule has 3 rings (SSSR count). The zero-order chi connectivity index (χ0) is 15.7. The molecule has 1 aromatic heterocycles. The Balaban J connectivity index is 1.96. The van der Waals surface area contributed by atoms with E-state index in [1.165, 1.54) is 0 Å². The fraction of sp³-hybridized carbons (Fsp3) is 0.647. The molecular formula is C17H24N4O. The number of anilines is 1. The van der Waals surface area contributed by atoms with Crippen LogP contribution >= 0.6 is 0 Å². The number of fused-ring (bicyclic) bond motifs is 3. The summed E-state index contributed by atoms with van der Waals surface area (Å²) >= 11 is 0. The highest BCUT2D eigenvalue weighted by atomic mass is 16.5. The summed E-state index contributed by atoms with van der Waals surface area (Å²) in [6.45, 7) is 8.65. The van der Waals surface area contributed by atoms with Crippen LogP contribution in [0.3, 0.4) is 0 Å². The summed E-state index contributed by atoms with van der Waals surface area (Å²) in [4.78, 5) is 9.49. The van der Waals surface area contributed by atoms with E-state index in [4.69, 9.17) is 9.72 Å². The first-order chi connectivity index (χ1) is 10.6. The Morgan fingerprint density at radius 3 is 2.82 bits per heavy atom. The molecule has 2 aliphatic rings. The third kappa shape index (κ3) is 2.94. The van der Waals surface area contributed by atoms with Crippen molar-refractivity contribution in [3.05, 3.63) is 23.4 Å². The summed E-state index contributed by atoms with van der Waals surface area (Å²) in [5.74, 6) is 1.68. The van der Waals surface area contributed by atoms with Crippen molar-refractivity contribution in [3.8, 4) is 6.07 Å². The monoisotopic (exact) mass is 300 g/mol. The van der Waals surface area contributed by atoms with E-state index in [-0.39, 0.29) is 0 Å². The number of ether oxygens (including phenoxy) is 1. The molecule has 0 radical (unpaired) electrons. The molecule has 2 atom stereocenters. The van der Waals surface area contributed by atoms with Crippen LogP contribution in [0.15, 0.2) is 12.1 Å². The van der Waals surface area contributed by atoms with Gasteiger partial charge in [0.2, 0.25) is 0 Å². The number of hydrogen-bond acceptors (Lipinski definition) is 5. The van der Waals surface area contributed by atoms with Crippen molar-refractivity contribution in [3.63, 3.8) is 0 Å². The topological polar surface area (TPSA) is 52.4 Å². The van der Waals surface area contributed by atoms with Gasteiger partial charge in [-0.2, -0.15) is 5.26 Å². The Bertz CT molecular complexity index is 581. The number of rotatable bonds is 2. The second-order valence-electron chi connectivity index (χ2n) is 6.78. The van der Waals surface area contributed by atoms with Crippen LogP contribution in [0, 0.1) is 17.2 Å². The summed E-state index contributed by atoms with van der Waals surface area (Å²) < 4.78 is 5.78. The predicted octanol–water partition coefficient (Wildman–Crippen LogP) is 1.84. The fourth-order valence-corrected chi connectivity index (χ4v) is 3.34. The van der Waals surface area contributed by atoms with Gasteiger partial charge in [0.05, 0.1) is 24.8 Å². The summed E-state index contributed by atoms with van der Waals surface area (Å²) in [7, 11) is 2.17. The zero-order valence-electron chi connectivity index (χ0n) is 13.6. The SMILES string of the molecule is CC(C)c1ccc(C#N)c(N2C[C@@H]3COC[C@H](C2)N(C)C3)n1. The Morgan fingerprint density at radius 2 is 2.09 bits per heavy atom. The van der Waals surface area contributed by atoms with Gasteiger partial charge in [0.15, 0.2) is 0 Å². The maximum absolute atomic E-state index is 9.45. The lowest BCUT2D eigenvalue weighted by atomic mass is 10.1. The van der Waals surface area contributed by atoms with Gasteiger partial charge in [-0.15, -0.1) is 0 Å². The molecule has 0 aromatic carbocycles. The third-order valence-electron chi connectivity index (χ3n) is 4.65. The quantitative estimate of drug-likeness (QED) is 0.834. The van der Waals surface area contributed by atoms with E-state index in [1.807, 2.05) is 12.1 Å². The van der Waals surface area contributed by atoms with Crippen molar-refractivity contribution in [1.29, 1.82) is 5.26 Å². The Hall–Kier alpha value is -1.64. The molecule has 5 nitrogen and oxygen atoms in total. The van der Waals surface area contributed by atoms with Crippen LogP contribution in [-0.2, 0) is 4.74 Å². The maximum atomic E-state index is 9.45. The minimum atomic E-state index is 0.364. The molecule has 0 N–H and O–H groups in total. The number of hydrogen-bond donors (Lipinski definition) is 0. The van der Waals surface area contributed by atoms with Gasteiger partial charge >= 0.3 is 0 Å². The molecule has 0 aliphatic carbocycles. The molecule has 22 heavy (non-hydrogen) atoms. The first kappa shape index (κ1) is 15.3. The van der Waals surface area contributed by atoms with Crippen molar-refractivity contribution in [2.45, 2.75) is 25.8 Å². The van der Waals surface area contributed by atoms with E-state index in [0.717, 1.165) is 44.4 Å². The first-order valence-electron chi connectivity index (χ1n) is 8.02. The van der Waals surface area contributed by atoms with Gasteiger partial charge in [0, 0.05) is 31.2 Å². The molecule has 2 saturated heterocycles. The van der Waals surface area contributed by atoms with E-state index in [0.29, 0.717) is 23.4 Å². The largest absolute Gasteiger partial charge is 0.379 e. The number of nitriles is 1. The third-order valence-corrected chi connectivity index (χ3v) is 4.65. The molecule has 5 heteroatoms. The molecule has 2 aliphatic heterocycles. The highest BCUT2D eigenvalue weighted by Crippen LogP contribution is 2.26. The average molecular weight is 300 g/mol. The van der Waals surface area contributed by atoms with E-state index in [9.17, 15) is 5.26 Å². The van der Waals surface area contributed by atoms with Crippen LogP contribution < -0.4 is 4.90 Å². The van der Waals surface area contributed by atoms with Gasteiger partial charge in [-0.25, -0.2) is 4.98 Å². The van der Waals surface area contributed by atoms with Crippen molar-refractivity contribution >= 4 is 5.82 Å². The summed E-state index contributed by atoms with van der Waals surface area (Å²) in [5, 5.41) is 9.45. The second-order valence-corrected chi connectivity index (χ2v) is 6.78. The normalized spacial score (nSPS) is 25.9. The van der Waals surface area contributed by atoms with Gasteiger partial charge in [-0.3, -0.25) is 4.90 Å². The van der Waals surface area contributed by atoms with E-state index in [2.05, 4.69) is 36.8 Å². The van der Waals surface area contributed by atoms with Crippen LogP contribution in [-0.4, -0.2) is 55.8 Å². The molecule has 0 amide bonds. The maximum Gasteiger partial charge on any atom is 0.146 e. The Labute approximate surface area is 132 Å². The Kier molecular flexibility index (Phi) is 4.32. The van der Waals surface area contributed by atoms with Crippen LogP contribution in [0.2, 0.25) is 0 Å². The molecule has 2 bridgehead atoms. The van der Waals surface area contributed by atoms with Crippen LogP contribution in [0.25, 0.3) is 0 Å². The first-order valence-corrected chi connectivity index (χ1v) is 8.02. The molecule has 118 valence electrons. The lowest BCUT2D eigenvalue weighted by Crippen LogP contribution is -2.43. The zero-order valence-corrected chi connectivity index (χ0v) is 13.6. The number of likely N-dealkylation sites (N-methyl/N-ethyl adjacent to an activating group) is 1. The van der Waals surface area contributed by atoms with E-state index < -0.39 is 0 Å². The lowest BCUT2D eigenvalue weighted by Gasteiger charge is -2.31. The minimum absolute atomic E-state index is 0.364. The van der Waals surface area contributed by atoms with Crippen LogP contribution in [0.5, 0.6) is 0 Å². The minimum Gasteiger partial charge on any atom is -0.379 e. The van der Waals surface area contributed by atoms with E-state index in [1.54, 1.807) is 0 Å². The molecule has 0 unspecified atom stereocenters. The molecule has 2 fully saturated rings. The molecule has 1 aromatic rings. The van der Waals surface area contributed by atoms with Gasteiger partial charge < -0.3 is 9.64 Å². The van der Waals surface area contributed by atoms with E-state index >= 15 is 0 Å². The number of aromatic nitrogens is 1. The molecule has 0 spiro atoms. The van der Waals surface area contributed by atoms with Crippen molar-refractivity contribution in [2.24, 2.45) is 5.92 Å². The standard InChI is InChI=1S/C17H24N4O/c1-12(2)16-5-4-14(6-18)17(19-16)21-8-13-7-20(3)15(9-21)11-22-10-13/h4-5,12-13,15H,7-11H2,1-3H3/t13-,15+/m1/s1. The van der Waals surface area contributed by atoms with Crippen molar-refractivity contribution in [1.82, 2.24) is 9.88 Å². The lowest BCUT2D eigenvalue weighted by molar-refractivity contribution is 0.0929. The highest BCUT2D eigenvalue weighted by Gasteiger charge is 2.32. The van der Waals surface area contributed by atoms with Crippen molar-refractivity contribution in [2.75, 3.05) is 44.8 Å². The van der Waals surface area contributed by atoms with Crippen molar-refractivity contribution < 1.29 is 4.74 Å². The van der Waals surface area contributed by atoms with Gasteiger partial charge in [0.1, 0.15) is 11.9 Å². The Morgan fingerprint density at radius 1 is 1.27 bits per heavy atom. The molecule has 0 saturated carbocycles.